The minimum absolute atomic E-state index is 0.163. The van der Waals surface area contributed by atoms with E-state index in [2.05, 4.69) is 5.32 Å². The fraction of sp³-hybridized carbons (Fsp3) is 0.167. The van der Waals surface area contributed by atoms with Gasteiger partial charge >= 0.3 is 6.09 Å². The molecule has 18 heavy (non-hydrogen) atoms. The highest BCUT2D eigenvalue weighted by Crippen LogP contribution is 2.20. The van der Waals surface area contributed by atoms with Crippen molar-refractivity contribution in [3.05, 3.63) is 41.5 Å². The summed E-state index contributed by atoms with van der Waals surface area (Å²) in [6.45, 7) is 2.00. The molecule has 0 spiro atoms. The van der Waals surface area contributed by atoms with Crippen molar-refractivity contribution in [2.45, 2.75) is 6.92 Å². The summed E-state index contributed by atoms with van der Waals surface area (Å²) < 4.78 is 31.0. The van der Waals surface area contributed by atoms with Gasteiger partial charge in [-0.05, 0) is 19.1 Å². The zero-order chi connectivity index (χ0) is 13.5. The Hall–Kier alpha value is -2.42. The molecule has 0 aliphatic carbocycles. The average molecular weight is 252 g/mol. The van der Waals surface area contributed by atoms with Crippen LogP contribution in [0.5, 0.6) is 0 Å². The van der Waals surface area contributed by atoms with Crippen molar-refractivity contribution in [1.82, 2.24) is 5.32 Å². The zero-order valence-electron chi connectivity index (χ0n) is 9.54. The smallest absolute Gasteiger partial charge is 0.409 e. The number of halogens is 2. The Morgan fingerprint density at radius 1 is 1.56 bits per heavy atom. The number of allylic oxidation sites excluding steroid dienone is 1. The van der Waals surface area contributed by atoms with Crippen molar-refractivity contribution in [2.24, 2.45) is 0 Å². The lowest BCUT2D eigenvalue weighted by atomic mass is 10.1. The minimum Gasteiger partial charge on any atom is -0.409 e. The van der Waals surface area contributed by atoms with Gasteiger partial charge in [0.1, 0.15) is 11.6 Å². The van der Waals surface area contributed by atoms with Crippen LogP contribution in [-0.2, 0) is 4.74 Å². The average Bonchev–Trinajstić information content (AvgIpc) is 2.29. The second-order valence-corrected chi connectivity index (χ2v) is 3.18. The van der Waals surface area contributed by atoms with Crippen molar-refractivity contribution in [3.8, 4) is 6.07 Å². The Morgan fingerprint density at radius 2 is 2.28 bits per heavy atom. The van der Waals surface area contributed by atoms with Crippen molar-refractivity contribution in [2.75, 3.05) is 6.54 Å². The predicted octanol–water partition coefficient (Wildman–Crippen LogP) is 2.58. The number of rotatable bonds is 3. The molecule has 1 aromatic carbocycles. The van der Waals surface area contributed by atoms with Crippen LogP contribution >= 0.6 is 0 Å². The Balaban J connectivity index is 3.03. The molecule has 0 fully saturated rings. The van der Waals surface area contributed by atoms with Crippen LogP contribution in [0.15, 0.2) is 24.3 Å². The van der Waals surface area contributed by atoms with Gasteiger partial charge in [-0.25, -0.2) is 13.6 Å². The van der Waals surface area contributed by atoms with Gasteiger partial charge in [0.15, 0.2) is 5.76 Å². The maximum Gasteiger partial charge on any atom is 0.412 e. The second kappa shape index (κ2) is 6.35. The summed E-state index contributed by atoms with van der Waals surface area (Å²) in [7, 11) is 0. The van der Waals surface area contributed by atoms with E-state index in [1.54, 1.807) is 13.0 Å². The van der Waals surface area contributed by atoms with E-state index in [0.717, 1.165) is 18.2 Å². The standard InChI is InChI=1S/C12H10F2N2O2/c1-2-16-12(17)18-11(5-6-15)9-4-3-8(13)7-10(9)14/h3-5,7H,2H2,1H3,(H,16,17). The monoisotopic (exact) mass is 252 g/mol. The summed E-state index contributed by atoms with van der Waals surface area (Å²) in [5.41, 5.74) is -0.163. The maximum atomic E-state index is 13.5. The van der Waals surface area contributed by atoms with E-state index in [4.69, 9.17) is 10.00 Å². The van der Waals surface area contributed by atoms with Crippen molar-refractivity contribution in [1.29, 1.82) is 5.26 Å². The number of carbonyl (C=O) groups excluding carboxylic acids is 1. The maximum absolute atomic E-state index is 13.5. The van der Waals surface area contributed by atoms with Crippen LogP contribution in [0.1, 0.15) is 12.5 Å². The van der Waals surface area contributed by atoms with Gasteiger partial charge in [0.05, 0.1) is 17.7 Å². The molecule has 1 N–H and O–H groups in total. The Morgan fingerprint density at radius 3 is 2.83 bits per heavy atom. The zero-order valence-corrected chi connectivity index (χ0v) is 9.54. The van der Waals surface area contributed by atoms with Crippen LogP contribution in [0.25, 0.3) is 5.76 Å². The lowest BCUT2D eigenvalue weighted by Gasteiger charge is -2.09. The van der Waals surface area contributed by atoms with E-state index < -0.39 is 17.7 Å². The van der Waals surface area contributed by atoms with Gasteiger partial charge < -0.3 is 10.1 Å². The molecule has 6 heteroatoms. The number of nitrogens with zero attached hydrogens (tertiary/aromatic N) is 1. The number of hydrogen-bond acceptors (Lipinski definition) is 3. The van der Waals surface area contributed by atoms with Crippen molar-refractivity contribution >= 4 is 11.9 Å². The van der Waals surface area contributed by atoms with E-state index >= 15 is 0 Å². The first-order valence-electron chi connectivity index (χ1n) is 5.09. The van der Waals surface area contributed by atoms with E-state index in [-0.39, 0.29) is 11.3 Å². The number of carbonyl (C=O) groups is 1. The van der Waals surface area contributed by atoms with Crippen LogP contribution in [0.2, 0.25) is 0 Å². The molecule has 94 valence electrons. The summed E-state index contributed by atoms with van der Waals surface area (Å²) >= 11 is 0. The van der Waals surface area contributed by atoms with E-state index in [9.17, 15) is 13.6 Å². The topological polar surface area (TPSA) is 62.1 Å². The van der Waals surface area contributed by atoms with Crippen LogP contribution in [0.3, 0.4) is 0 Å². The third kappa shape index (κ3) is 3.56. The molecule has 1 rings (SSSR count). The number of benzene rings is 1. The highest BCUT2D eigenvalue weighted by molar-refractivity contribution is 5.77. The largest absolute Gasteiger partial charge is 0.412 e. The molecule has 1 aromatic rings. The molecule has 0 radical (unpaired) electrons. The van der Waals surface area contributed by atoms with Crippen LogP contribution in [0.4, 0.5) is 13.6 Å². The fourth-order valence-corrected chi connectivity index (χ4v) is 1.19. The molecular formula is C12H10F2N2O2. The van der Waals surface area contributed by atoms with Gasteiger partial charge in [0, 0.05) is 12.6 Å². The Kier molecular flexibility index (Phi) is 4.81. The van der Waals surface area contributed by atoms with E-state index in [1.165, 1.54) is 0 Å². The predicted molar refractivity (Wildman–Crippen MR) is 60.1 cm³/mol. The first-order chi connectivity index (χ1) is 8.58. The van der Waals surface area contributed by atoms with Crippen molar-refractivity contribution in [3.63, 3.8) is 0 Å². The van der Waals surface area contributed by atoms with Gasteiger partial charge in [-0.3, -0.25) is 0 Å². The molecule has 0 unspecified atom stereocenters. The van der Waals surface area contributed by atoms with Crippen LogP contribution in [0, 0.1) is 23.0 Å². The first kappa shape index (κ1) is 13.6. The lowest BCUT2D eigenvalue weighted by molar-refractivity contribution is 0.192. The number of nitriles is 1. The number of ether oxygens (including phenoxy) is 1. The van der Waals surface area contributed by atoms with Crippen LogP contribution < -0.4 is 5.32 Å². The number of alkyl carbamates (subject to hydrolysis) is 1. The summed E-state index contributed by atoms with van der Waals surface area (Å²) in [5, 5.41) is 10.9. The molecule has 0 aliphatic rings. The fourth-order valence-electron chi connectivity index (χ4n) is 1.19. The first-order valence-corrected chi connectivity index (χ1v) is 5.09. The molecule has 0 bridgehead atoms. The Labute approximate surface area is 102 Å². The number of hydrogen-bond donors (Lipinski definition) is 1. The molecule has 0 saturated carbocycles. The molecule has 0 heterocycles. The summed E-state index contributed by atoms with van der Waals surface area (Å²) in [6.07, 6.45) is 0.0497. The number of amides is 1. The van der Waals surface area contributed by atoms with Crippen LogP contribution in [-0.4, -0.2) is 12.6 Å². The molecule has 0 aliphatic heterocycles. The van der Waals surface area contributed by atoms with Gasteiger partial charge in [-0.15, -0.1) is 0 Å². The Bertz CT molecular complexity index is 521. The molecule has 0 aromatic heterocycles. The minimum atomic E-state index is -0.916. The van der Waals surface area contributed by atoms with E-state index in [0.29, 0.717) is 12.6 Å². The summed E-state index contributed by atoms with van der Waals surface area (Å²) in [4.78, 5) is 11.2. The van der Waals surface area contributed by atoms with Crippen molar-refractivity contribution < 1.29 is 18.3 Å². The lowest BCUT2D eigenvalue weighted by Crippen LogP contribution is -2.23. The number of nitrogens with one attached hydrogen (secondary N) is 1. The van der Waals surface area contributed by atoms with Gasteiger partial charge in [-0.2, -0.15) is 5.26 Å². The summed E-state index contributed by atoms with van der Waals surface area (Å²) in [6, 6.07) is 4.36. The third-order valence-electron chi connectivity index (χ3n) is 1.92. The van der Waals surface area contributed by atoms with Gasteiger partial charge in [-0.1, -0.05) is 0 Å². The second-order valence-electron chi connectivity index (χ2n) is 3.18. The SMILES string of the molecule is CCNC(=O)OC(=CC#N)c1ccc(F)cc1F. The summed E-state index contributed by atoms with van der Waals surface area (Å²) in [5.74, 6) is -1.95. The molecule has 0 saturated heterocycles. The highest BCUT2D eigenvalue weighted by Gasteiger charge is 2.13. The van der Waals surface area contributed by atoms with Gasteiger partial charge in [0.2, 0.25) is 0 Å². The highest BCUT2D eigenvalue weighted by atomic mass is 19.1. The molecule has 4 nitrogen and oxygen atoms in total. The molecule has 0 atom stereocenters. The van der Waals surface area contributed by atoms with E-state index in [1.807, 2.05) is 0 Å². The van der Waals surface area contributed by atoms with Gasteiger partial charge in [0.25, 0.3) is 0 Å². The molecular weight excluding hydrogens is 242 g/mol. The quantitative estimate of drug-likeness (QED) is 0.664. The molecule has 1 amide bonds. The third-order valence-corrected chi connectivity index (χ3v) is 1.92. The normalized spacial score (nSPS) is 10.7.